The van der Waals surface area contributed by atoms with Gasteiger partial charge in [0.1, 0.15) is 12.5 Å². The standard InChI is InChI=1S/C12H13BrO4/c1-3-15-11-6-8(12-16-4-5-17-12)9(13)7-10(11)14-2/h4-7,12H,3H2,1-2H3. The zero-order chi connectivity index (χ0) is 12.3. The van der Waals surface area contributed by atoms with Crippen molar-refractivity contribution in [2.75, 3.05) is 13.7 Å². The maximum Gasteiger partial charge on any atom is 0.267 e. The molecule has 0 saturated heterocycles. The molecule has 0 bridgehead atoms. The summed E-state index contributed by atoms with van der Waals surface area (Å²) in [5, 5.41) is 0. The highest BCUT2D eigenvalue weighted by molar-refractivity contribution is 9.10. The Hall–Kier alpha value is -1.36. The van der Waals surface area contributed by atoms with Crippen molar-refractivity contribution in [2.45, 2.75) is 13.2 Å². The van der Waals surface area contributed by atoms with Gasteiger partial charge in [-0.05, 0) is 19.1 Å². The molecule has 17 heavy (non-hydrogen) atoms. The van der Waals surface area contributed by atoms with Gasteiger partial charge in [0.2, 0.25) is 0 Å². The van der Waals surface area contributed by atoms with Gasteiger partial charge in [-0.2, -0.15) is 0 Å². The van der Waals surface area contributed by atoms with Crippen molar-refractivity contribution in [1.29, 1.82) is 0 Å². The quantitative estimate of drug-likeness (QED) is 0.854. The van der Waals surface area contributed by atoms with E-state index in [0.717, 1.165) is 10.0 Å². The summed E-state index contributed by atoms with van der Waals surface area (Å²) in [6.07, 6.45) is 2.60. The second-order valence-electron chi connectivity index (χ2n) is 3.33. The van der Waals surface area contributed by atoms with Gasteiger partial charge in [-0.3, -0.25) is 0 Å². The normalized spacial score (nSPS) is 14.3. The summed E-state index contributed by atoms with van der Waals surface area (Å²) in [6.45, 7) is 2.49. The second-order valence-corrected chi connectivity index (χ2v) is 4.19. The molecule has 92 valence electrons. The molecule has 0 aliphatic carbocycles. The van der Waals surface area contributed by atoms with E-state index in [-0.39, 0.29) is 0 Å². The van der Waals surface area contributed by atoms with E-state index in [9.17, 15) is 0 Å². The Kier molecular flexibility index (Phi) is 3.78. The molecule has 2 rings (SSSR count). The van der Waals surface area contributed by atoms with Crippen LogP contribution in [0.4, 0.5) is 0 Å². The zero-order valence-electron chi connectivity index (χ0n) is 9.60. The summed E-state index contributed by atoms with van der Waals surface area (Å²) < 4.78 is 22.2. The first-order valence-corrected chi connectivity index (χ1v) is 6.01. The number of rotatable bonds is 4. The Morgan fingerprint density at radius 3 is 2.53 bits per heavy atom. The van der Waals surface area contributed by atoms with Gasteiger partial charge >= 0.3 is 0 Å². The summed E-state index contributed by atoms with van der Waals surface area (Å²) in [4.78, 5) is 0. The monoisotopic (exact) mass is 300 g/mol. The van der Waals surface area contributed by atoms with E-state index in [1.165, 1.54) is 12.5 Å². The van der Waals surface area contributed by atoms with Crippen molar-refractivity contribution in [3.8, 4) is 11.5 Å². The van der Waals surface area contributed by atoms with Gasteiger partial charge in [0.15, 0.2) is 11.5 Å². The summed E-state index contributed by atoms with van der Waals surface area (Å²) in [5.74, 6) is 1.35. The fraction of sp³-hybridized carbons (Fsp3) is 0.333. The van der Waals surface area contributed by atoms with Crippen LogP contribution >= 0.6 is 15.9 Å². The lowest BCUT2D eigenvalue weighted by atomic mass is 10.2. The summed E-state index contributed by atoms with van der Waals surface area (Å²) in [7, 11) is 1.61. The largest absolute Gasteiger partial charge is 0.493 e. The lowest BCUT2D eigenvalue weighted by Gasteiger charge is -2.16. The topological polar surface area (TPSA) is 36.9 Å². The molecule has 0 aromatic heterocycles. The summed E-state index contributed by atoms with van der Waals surface area (Å²) >= 11 is 3.46. The van der Waals surface area contributed by atoms with Crippen molar-refractivity contribution < 1.29 is 18.9 Å². The Labute approximate surface area is 108 Å². The molecule has 1 aliphatic heterocycles. The highest BCUT2D eigenvalue weighted by atomic mass is 79.9. The van der Waals surface area contributed by atoms with Crippen LogP contribution in [0.25, 0.3) is 0 Å². The van der Waals surface area contributed by atoms with Crippen molar-refractivity contribution in [3.05, 3.63) is 34.7 Å². The molecule has 0 saturated carbocycles. The number of hydrogen-bond donors (Lipinski definition) is 0. The maximum atomic E-state index is 5.51. The molecule has 0 unspecified atom stereocenters. The molecule has 0 spiro atoms. The van der Waals surface area contributed by atoms with Crippen molar-refractivity contribution >= 4 is 15.9 Å². The second kappa shape index (κ2) is 5.31. The molecule has 1 aliphatic rings. The molecule has 0 radical (unpaired) electrons. The molecule has 5 heteroatoms. The van der Waals surface area contributed by atoms with Gasteiger partial charge in [0.25, 0.3) is 6.29 Å². The maximum absolute atomic E-state index is 5.51. The summed E-state index contributed by atoms with van der Waals surface area (Å²) in [6, 6.07) is 3.69. The Bertz CT molecular complexity index is 423. The van der Waals surface area contributed by atoms with E-state index in [1.54, 1.807) is 7.11 Å². The van der Waals surface area contributed by atoms with Gasteiger partial charge in [0, 0.05) is 4.47 Å². The Balaban J connectivity index is 2.35. The third-order valence-corrected chi connectivity index (χ3v) is 2.98. The predicted molar refractivity (Wildman–Crippen MR) is 65.9 cm³/mol. The molecule has 1 aromatic carbocycles. The smallest absolute Gasteiger partial charge is 0.267 e. The van der Waals surface area contributed by atoms with Gasteiger partial charge in [-0.1, -0.05) is 15.9 Å². The first-order chi connectivity index (χ1) is 8.26. The van der Waals surface area contributed by atoms with Gasteiger partial charge in [-0.25, -0.2) is 0 Å². The van der Waals surface area contributed by atoms with Gasteiger partial charge in [0.05, 0.1) is 19.3 Å². The van der Waals surface area contributed by atoms with Crippen LogP contribution < -0.4 is 9.47 Å². The van der Waals surface area contributed by atoms with E-state index in [0.29, 0.717) is 18.1 Å². The van der Waals surface area contributed by atoms with E-state index >= 15 is 0 Å². The number of halogens is 1. The third-order valence-electron chi connectivity index (χ3n) is 2.30. The minimum Gasteiger partial charge on any atom is -0.493 e. The zero-order valence-corrected chi connectivity index (χ0v) is 11.2. The third kappa shape index (κ3) is 2.49. The lowest BCUT2D eigenvalue weighted by Crippen LogP contribution is -2.02. The van der Waals surface area contributed by atoms with Crippen LogP contribution in [0.3, 0.4) is 0 Å². The van der Waals surface area contributed by atoms with Gasteiger partial charge < -0.3 is 18.9 Å². The SMILES string of the molecule is CCOc1cc(C2OC=CO2)c(Br)cc1OC. The molecule has 0 fully saturated rings. The fourth-order valence-electron chi connectivity index (χ4n) is 1.54. The number of benzene rings is 1. The average molecular weight is 301 g/mol. The van der Waals surface area contributed by atoms with Crippen molar-refractivity contribution in [1.82, 2.24) is 0 Å². The highest BCUT2D eigenvalue weighted by Gasteiger charge is 2.21. The van der Waals surface area contributed by atoms with Crippen LogP contribution in [-0.4, -0.2) is 13.7 Å². The Morgan fingerprint density at radius 1 is 1.24 bits per heavy atom. The highest BCUT2D eigenvalue weighted by Crippen LogP contribution is 2.38. The van der Waals surface area contributed by atoms with Crippen molar-refractivity contribution in [3.63, 3.8) is 0 Å². The minimum atomic E-state index is -0.436. The summed E-state index contributed by atoms with van der Waals surface area (Å²) in [5.41, 5.74) is 0.860. The lowest BCUT2D eigenvalue weighted by molar-refractivity contribution is -0.0253. The Morgan fingerprint density at radius 2 is 1.94 bits per heavy atom. The molecule has 4 nitrogen and oxygen atoms in total. The van der Waals surface area contributed by atoms with E-state index < -0.39 is 6.29 Å². The molecular weight excluding hydrogens is 288 g/mol. The molecule has 0 N–H and O–H groups in total. The fourth-order valence-corrected chi connectivity index (χ4v) is 2.05. The van der Waals surface area contributed by atoms with E-state index in [1.807, 2.05) is 19.1 Å². The molecular formula is C12H13BrO4. The predicted octanol–water partition coefficient (Wildman–Crippen LogP) is 3.37. The molecule has 0 atom stereocenters. The number of ether oxygens (including phenoxy) is 4. The van der Waals surface area contributed by atoms with Crippen LogP contribution in [0.15, 0.2) is 29.1 Å². The van der Waals surface area contributed by atoms with Crippen LogP contribution in [0.2, 0.25) is 0 Å². The van der Waals surface area contributed by atoms with Crippen LogP contribution in [-0.2, 0) is 9.47 Å². The minimum absolute atomic E-state index is 0.436. The van der Waals surface area contributed by atoms with Crippen molar-refractivity contribution in [2.24, 2.45) is 0 Å². The number of methoxy groups -OCH3 is 1. The first-order valence-electron chi connectivity index (χ1n) is 5.22. The molecule has 1 heterocycles. The van der Waals surface area contributed by atoms with Crippen LogP contribution in [0.5, 0.6) is 11.5 Å². The molecule has 0 amide bonds. The van der Waals surface area contributed by atoms with Gasteiger partial charge in [-0.15, -0.1) is 0 Å². The molecule has 1 aromatic rings. The first kappa shape index (κ1) is 12.1. The van der Waals surface area contributed by atoms with E-state index in [4.69, 9.17) is 18.9 Å². The number of hydrogen-bond acceptors (Lipinski definition) is 4. The van der Waals surface area contributed by atoms with Crippen LogP contribution in [0, 0.1) is 0 Å². The van der Waals surface area contributed by atoms with Crippen LogP contribution in [0.1, 0.15) is 18.8 Å². The average Bonchev–Trinajstić information content (AvgIpc) is 2.84. The van der Waals surface area contributed by atoms with E-state index in [2.05, 4.69) is 15.9 Å².